The van der Waals surface area contributed by atoms with Crippen LogP contribution < -0.4 is 15.4 Å². The van der Waals surface area contributed by atoms with Gasteiger partial charge >= 0.3 is 0 Å². The molecule has 1 aliphatic rings. The molecular formula is C16H25N3O5S2. The number of thiocarbonyl (C=S) groups is 1. The van der Waals surface area contributed by atoms with Crippen LogP contribution in [-0.2, 0) is 19.5 Å². The van der Waals surface area contributed by atoms with Crippen molar-refractivity contribution in [3.8, 4) is 5.75 Å². The molecule has 0 saturated carbocycles. The predicted octanol–water partition coefficient (Wildman–Crippen LogP) is 1.04. The summed E-state index contributed by atoms with van der Waals surface area (Å²) >= 11 is 5.21. The molecule has 0 aromatic heterocycles. The first-order chi connectivity index (χ1) is 12.5. The van der Waals surface area contributed by atoms with Crippen molar-refractivity contribution in [3.05, 3.63) is 18.2 Å². The summed E-state index contributed by atoms with van der Waals surface area (Å²) in [6.07, 6.45) is 0. The zero-order valence-corrected chi connectivity index (χ0v) is 16.6. The Labute approximate surface area is 159 Å². The van der Waals surface area contributed by atoms with E-state index in [0.717, 1.165) is 0 Å². The summed E-state index contributed by atoms with van der Waals surface area (Å²) < 4.78 is 43.2. The highest BCUT2D eigenvalue weighted by Gasteiger charge is 2.29. The first-order valence-corrected chi connectivity index (χ1v) is 10.2. The van der Waals surface area contributed by atoms with Crippen LogP contribution in [0.25, 0.3) is 0 Å². The molecule has 1 aliphatic heterocycles. The molecule has 8 nitrogen and oxygen atoms in total. The van der Waals surface area contributed by atoms with E-state index < -0.39 is 10.0 Å². The highest BCUT2D eigenvalue weighted by molar-refractivity contribution is 7.89. The largest absolute Gasteiger partial charge is 0.492 e. The van der Waals surface area contributed by atoms with E-state index in [-0.39, 0.29) is 4.90 Å². The van der Waals surface area contributed by atoms with Crippen molar-refractivity contribution in [2.75, 3.05) is 58.5 Å². The van der Waals surface area contributed by atoms with Crippen LogP contribution in [-0.4, -0.2) is 71.0 Å². The van der Waals surface area contributed by atoms with Crippen LogP contribution in [0.1, 0.15) is 6.92 Å². The number of hydrogen-bond donors (Lipinski definition) is 2. The third-order valence-corrected chi connectivity index (χ3v) is 5.85. The van der Waals surface area contributed by atoms with Crippen molar-refractivity contribution in [1.29, 1.82) is 0 Å². The predicted molar refractivity (Wildman–Crippen MR) is 103 cm³/mol. The van der Waals surface area contributed by atoms with Gasteiger partial charge in [-0.3, -0.25) is 0 Å². The van der Waals surface area contributed by atoms with Gasteiger partial charge in [-0.2, -0.15) is 4.31 Å². The highest BCUT2D eigenvalue weighted by atomic mass is 32.2. The monoisotopic (exact) mass is 403 g/mol. The quantitative estimate of drug-likeness (QED) is 0.492. The Hall–Kier alpha value is -1.46. The fourth-order valence-electron chi connectivity index (χ4n) is 2.43. The van der Waals surface area contributed by atoms with Gasteiger partial charge in [0.15, 0.2) is 5.11 Å². The van der Waals surface area contributed by atoms with Gasteiger partial charge in [-0.1, -0.05) is 0 Å². The molecule has 0 unspecified atom stereocenters. The van der Waals surface area contributed by atoms with Gasteiger partial charge in [0.2, 0.25) is 10.0 Å². The molecule has 2 rings (SSSR count). The van der Waals surface area contributed by atoms with Crippen LogP contribution in [0, 0.1) is 0 Å². The molecule has 0 radical (unpaired) electrons. The van der Waals surface area contributed by atoms with Gasteiger partial charge in [-0.15, -0.1) is 0 Å². The summed E-state index contributed by atoms with van der Waals surface area (Å²) in [4.78, 5) is 0.117. The van der Waals surface area contributed by atoms with Crippen molar-refractivity contribution in [3.63, 3.8) is 0 Å². The molecule has 0 amide bonds. The van der Waals surface area contributed by atoms with Crippen LogP contribution in [0.2, 0.25) is 0 Å². The maximum absolute atomic E-state index is 13.0. The molecule has 0 aliphatic carbocycles. The number of ether oxygens (including phenoxy) is 3. The maximum Gasteiger partial charge on any atom is 0.246 e. The van der Waals surface area contributed by atoms with Crippen LogP contribution in [0.3, 0.4) is 0 Å². The number of methoxy groups -OCH3 is 1. The summed E-state index contributed by atoms with van der Waals surface area (Å²) in [6.45, 7) is 4.66. The Kier molecular flexibility index (Phi) is 8.04. The summed E-state index contributed by atoms with van der Waals surface area (Å²) in [5.41, 5.74) is 0.565. The van der Waals surface area contributed by atoms with E-state index in [4.69, 9.17) is 26.4 Å². The van der Waals surface area contributed by atoms with Crippen LogP contribution in [0.4, 0.5) is 5.69 Å². The Morgan fingerprint density at radius 2 is 2.08 bits per heavy atom. The number of hydrogen-bond acceptors (Lipinski definition) is 6. The van der Waals surface area contributed by atoms with Gasteiger partial charge in [0.25, 0.3) is 0 Å². The van der Waals surface area contributed by atoms with Crippen LogP contribution in [0.15, 0.2) is 23.1 Å². The molecule has 0 spiro atoms. The molecule has 1 aromatic carbocycles. The Bertz CT molecular complexity index is 706. The summed E-state index contributed by atoms with van der Waals surface area (Å²) in [5, 5.41) is 6.36. The van der Waals surface area contributed by atoms with Gasteiger partial charge in [0.05, 0.1) is 26.4 Å². The van der Waals surface area contributed by atoms with Crippen molar-refractivity contribution in [2.24, 2.45) is 0 Å². The van der Waals surface area contributed by atoms with E-state index >= 15 is 0 Å². The molecular weight excluding hydrogens is 378 g/mol. The lowest BCUT2D eigenvalue weighted by Crippen LogP contribution is -2.40. The number of nitrogens with one attached hydrogen (secondary N) is 2. The van der Waals surface area contributed by atoms with E-state index in [1.54, 1.807) is 25.3 Å². The lowest BCUT2D eigenvalue weighted by molar-refractivity contribution is 0.0729. The summed E-state index contributed by atoms with van der Waals surface area (Å²) in [5.74, 6) is 0.322. The topological polar surface area (TPSA) is 89.1 Å². The molecule has 2 N–H and O–H groups in total. The lowest BCUT2D eigenvalue weighted by Gasteiger charge is -2.27. The van der Waals surface area contributed by atoms with Crippen LogP contribution >= 0.6 is 12.2 Å². The minimum Gasteiger partial charge on any atom is -0.492 e. The van der Waals surface area contributed by atoms with Gasteiger partial charge in [-0.05, 0) is 37.3 Å². The Morgan fingerprint density at radius 1 is 1.35 bits per heavy atom. The molecule has 0 atom stereocenters. The second-order valence-corrected chi connectivity index (χ2v) is 7.80. The SMILES string of the molecule is CCOc1ccc(NC(=S)NCCOC)cc1S(=O)(=O)N1CCOCC1. The first-order valence-electron chi connectivity index (χ1n) is 8.37. The fraction of sp³-hybridized carbons (Fsp3) is 0.562. The molecule has 1 aromatic rings. The van der Waals surface area contributed by atoms with E-state index in [2.05, 4.69) is 10.6 Å². The van der Waals surface area contributed by atoms with Gasteiger partial charge in [0.1, 0.15) is 10.6 Å². The number of nitrogens with zero attached hydrogens (tertiary/aromatic N) is 1. The van der Waals surface area contributed by atoms with E-state index in [0.29, 0.717) is 62.6 Å². The normalized spacial score (nSPS) is 15.5. The standard InChI is InChI=1S/C16H25N3O5S2/c1-3-24-14-5-4-13(18-16(25)17-6-9-22-2)12-15(14)26(20,21)19-7-10-23-11-8-19/h4-5,12H,3,6-11H2,1-2H3,(H2,17,18,25). The lowest BCUT2D eigenvalue weighted by atomic mass is 10.3. The average Bonchev–Trinajstić information content (AvgIpc) is 2.64. The van der Waals surface area contributed by atoms with Crippen molar-refractivity contribution >= 4 is 33.0 Å². The van der Waals surface area contributed by atoms with E-state index in [1.165, 1.54) is 4.31 Å². The van der Waals surface area contributed by atoms with Crippen LogP contribution in [0.5, 0.6) is 5.75 Å². The zero-order valence-electron chi connectivity index (χ0n) is 15.0. The number of morpholine rings is 1. The van der Waals surface area contributed by atoms with Gasteiger partial charge in [0, 0.05) is 32.4 Å². The zero-order chi connectivity index (χ0) is 19.0. The minimum atomic E-state index is -3.69. The molecule has 1 heterocycles. The summed E-state index contributed by atoms with van der Waals surface area (Å²) in [6, 6.07) is 4.91. The highest BCUT2D eigenvalue weighted by Crippen LogP contribution is 2.30. The van der Waals surface area contributed by atoms with Gasteiger partial charge < -0.3 is 24.8 Å². The maximum atomic E-state index is 13.0. The van der Waals surface area contributed by atoms with Crippen molar-refractivity contribution < 1.29 is 22.6 Å². The minimum absolute atomic E-state index is 0.117. The molecule has 146 valence electrons. The molecule has 26 heavy (non-hydrogen) atoms. The first kappa shape index (κ1) is 20.8. The number of sulfonamides is 1. The van der Waals surface area contributed by atoms with Crippen molar-refractivity contribution in [2.45, 2.75) is 11.8 Å². The van der Waals surface area contributed by atoms with Crippen molar-refractivity contribution in [1.82, 2.24) is 9.62 Å². The third-order valence-electron chi connectivity index (χ3n) is 3.68. The number of benzene rings is 1. The Morgan fingerprint density at radius 3 is 2.73 bits per heavy atom. The number of rotatable bonds is 8. The number of anilines is 1. The second kappa shape index (κ2) is 10.0. The van der Waals surface area contributed by atoms with E-state index in [1.807, 2.05) is 6.92 Å². The fourth-order valence-corrected chi connectivity index (χ4v) is 4.22. The molecule has 1 fully saturated rings. The molecule has 0 bridgehead atoms. The molecule has 1 saturated heterocycles. The average molecular weight is 404 g/mol. The molecule has 10 heteroatoms. The third kappa shape index (κ3) is 5.52. The Balaban J connectivity index is 2.23. The van der Waals surface area contributed by atoms with Gasteiger partial charge in [-0.25, -0.2) is 8.42 Å². The second-order valence-electron chi connectivity index (χ2n) is 5.48. The van der Waals surface area contributed by atoms with E-state index in [9.17, 15) is 8.42 Å². The summed E-state index contributed by atoms with van der Waals surface area (Å²) in [7, 11) is -2.08. The smallest absolute Gasteiger partial charge is 0.246 e.